The molecule has 1 aliphatic heterocycles. The van der Waals surface area contributed by atoms with E-state index in [1.54, 1.807) is 52.6 Å². The second-order valence-corrected chi connectivity index (χ2v) is 7.68. The first kappa shape index (κ1) is 20.1. The second-order valence-electron chi connectivity index (χ2n) is 7.24. The van der Waals surface area contributed by atoms with Gasteiger partial charge in [-0.3, -0.25) is 9.78 Å². The molecule has 5 rings (SSSR count). The SMILES string of the molecule is O=C(c1nnn(-c2ccc(Cl)cc2)c1-c1cccnc1)N1CCN(c2ncccn2)CC1. The number of halogens is 1. The summed E-state index contributed by atoms with van der Waals surface area (Å²) in [6.45, 7) is 2.36. The summed E-state index contributed by atoms with van der Waals surface area (Å²) in [5, 5.41) is 9.17. The molecule has 4 heterocycles. The van der Waals surface area contributed by atoms with Crippen LogP contribution in [0, 0.1) is 0 Å². The summed E-state index contributed by atoms with van der Waals surface area (Å²) in [5.41, 5.74) is 2.40. The Bertz CT molecular complexity index is 1210. The Hall–Kier alpha value is -3.85. The Morgan fingerprint density at radius 1 is 0.906 bits per heavy atom. The minimum atomic E-state index is -0.169. The highest BCUT2D eigenvalue weighted by Gasteiger charge is 2.29. The van der Waals surface area contributed by atoms with E-state index in [1.165, 1.54) is 0 Å². The van der Waals surface area contributed by atoms with E-state index in [1.807, 2.05) is 24.3 Å². The molecule has 32 heavy (non-hydrogen) atoms. The first-order valence-corrected chi connectivity index (χ1v) is 10.5. The second kappa shape index (κ2) is 8.72. The van der Waals surface area contributed by atoms with Crippen molar-refractivity contribution in [2.24, 2.45) is 0 Å². The molecule has 3 aromatic heterocycles. The fourth-order valence-corrected chi connectivity index (χ4v) is 3.79. The first-order valence-electron chi connectivity index (χ1n) is 10.1. The predicted octanol–water partition coefficient (Wildman–Crippen LogP) is 2.74. The van der Waals surface area contributed by atoms with E-state index in [2.05, 4.69) is 30.2 Å². The number of hydrogen-bond donors (Lipinski definition) is 0. The molecule has 1 amide bonds. The number of amides is 1. The van der Waals surface area contributed by atoms with Crippen molar-refractivity contribution in [3.63, 3.8) is 0 Å². The third kappa shape index (κ3) is 3.90. The van der Waals surface area contributed by atoms with E-state index in [0.717, 1.165) is 11.3 Å². The summed E-state index contributed by atoms with van der Waals surface area (Å²) in [4.78, 5) is 30.1. The van der Waals surface area contributed by atoms with Gasteiger partial charge in [-0.2, -0.15) is 0 Å². The van der Waals surface area contributed by atoms with Crippen molar-refractivity contribution in [3.8, 4) is 16.9 Å². The zero-order chi connectivity index (χ0) is 21.9. The molecule has 0 atom stereocenters. The van der Waals surface area contributed by atoms with Gasteiger partial charge in [0.25, 0.3) is 5.91 Å². The van der Waals surface area contributed by atoms with Gasteiger partial charge in [0, 0.05) is 61.6 Å². The van der Waals surface area contributed by atoms with Gasteiger partial charge in [0.2, 0.25) is 5.95 Å². The number of pyridine rings is 1. The van der Waals surface area contributed by atoms with Crippen molar-refractivity contribution in [3.05, 3.63) is 78.0 Å². The van der Waals surface area contributed by atoms with Gasteiger partial charge in [-0.1, -0.05) is 16.8 Å². The van der Waals surface area contributed by atoms with Crippen LogP contribution < -0.4 is 4.90 Å². The molecule has 0 unspecified atom stereocenters. The minimum Gasteiger partial charge on any atom is -0.337 e. The maximum atomic E-state index is 13.5. The summed E-state index contributed by atoms with van der Waals surface area (Å²) in [6, 6.07) is 12.7. The van der Waals surface area contributed by atoms with Crippen LogP contribution in [-0.4, -0.2) is 66.9 Å². The summed E-state index contributed by atoms with van der Waals surface area (Å²) in [5.74, 6) is 0.502. The van der Waals surface area contributed by atoms with Crippen LogP contribution in [0.5, 0.6) is 0 Å². The third-order valence-corrected chi connectivity index (χ3v) is 5.53. The lowest BCUT2D eigenvalue weighted by Gasteiger charge is -2.34. The molecule has 0 bridgehead atoms. The fourth-order valence-electron chi connectivity index (χ4n) is 3.66. The smallest absolute Gasteiger partial charge is 0.276 e. The quantitative estimate of drug-likeness (QED) is 0.475. The molecule has 0 spiro atoms. The lowest BCUT2D eigenvalue weighted by Crippen LogP contribution is -2.49. The zero-order valence-electron chi connectivity index (χ0n) is 17.0. The molecule has 1 aliphatic rings. The molecule has 1 aromatic carbocycles. The van der Waals surface area contributed by atoms with Crippen LogP contribution >= 0.6 is 11.6 Å². The highest BCUT2D eigenvalue weighted by Crippen LogP contribution is 2.26. The lowest BCUT2D eigenvalue weighted by molar-refractivity contribution is 0.0741. The van der Waals surface area contributed by atoms with Crippen LogP contribution in [0.15, 0.2) is 67.3 Å². The van der Waals surface area contributed by atoms with Crippen LogP contribution in [-0.2, 0) is 0 Å². The maximum Gasteiger partial charge on any atom is 0.276 e. The third-order valence-electron chi connectivity index (χ3n) is 5.28. The molecule has 1 saturated heterocycles. The molecular weight excluding hydrogens is 428 g/mol. The van der Waals surface area contributed by atoms with Crippen molar-refractivity contribution in [2.75, 3.05) is 31.1 Å². The maximum absolute atomic E-state index is 13.5. The Morgan fingerprint density at radius 2 is 1.66 bits per heavy atom. The predicted molar refractivity (Wildman–Crippen MR) is 120 cm³/mol. The summed E-state index contributed by atoms with van der Waals surface area (Å²) in [6.07, 6.45) is 6.82. The van der Waals surface area contributed by atoms with Gasteiger partial charge in [0.15, 0.2) is 5.69 Å². The lowest BCUT2D eigenvalue weighted by atomic mass is 10.1. The Balaban J connectivity index is 1.44. The number of hydrogen-bond acceptors (Lipinski definition) is 7. The van der Waals surface area contributed by atoms with Crippen molar-refractivity contribution in [1.82, 2.24) is 34.8 Å². The number of rotatable bonds is 4. The molecule has 0 N–H and O–H groups in total. The van der Waals surface area contributed by atoms with Crippen molar-refractivity contribution in [1.29, 1.82) is 0 Å². The van der Waals surface area contributed by atoms with Gasteiger partial charge in [-0.05, 0) is 42.5 Å². The van der Waals surface area contributed by atoms with E-state index in [-0.39, 0.29) is 11.6 Å². The number of carbonyl (C=O) groups excluding carboxylic acids is 1. The monoisotopic (exact) mass is 446 g/mol. The normalized spacial score (nSPS) is 13.9. The van der Waals surface area contributed by atoms with Crippen LogP contribution in [0.2, 0.25) is 5.02 Å². The van der Waals surface area contributed by atoms with Gasteiger partial charge in [0.1, 0.15) is 5.69 Å². The number of piperazine rings is 1. The minimum absolute atomic E-state index is 0.169. The molecular formula is C22H19ClN8O. The number of aromatic nitrogens is 6. The standard InChI is InChI=1S/C22H19ClN8O/c23-17-4-6-18(7-5-17)31-20(16-3-1-8-24-15-16)19(27-28-31)21(32)29-11-13-30(14-12-29)22-25-9-2-10-26-22/h1-10,15H,11-14H2. The van der Waals surface area contributed by atoms with E-state index in [4.69, 9.17) is 11.6 Å². The topological polar surface area (TPSA) is 92.9 Å². The fraction of sp³-hybridized carbons (Fsp3) is 0.182. The first-order chi connectivity index (χ1) is 15.7. The summed E-state index contributed by atoms with van der Waals surface area (Å²) >= 11 is 6.04. The Kier molecular flexibility index (Phi) is 5.47. The van der Waals surface area contributed by atoms with Crippen molar-refractivity contribution < 1.29 is 4.79 Å². The molecule has 9 nitrogen and oxygen atoms in total. The van der Waals surface area contributed by atoms with Crippen LogP contribution in [0.4, 0.5) is 5.95 Å². The van der Waals surface area contributed by atoms with Gasteiger partial charge < -0.3 is 9.80 Å². The molecule has 0 radical (unpaired) electrons. The molecule has 0 saturated carbocycles. The van der Waals surface area contributed by atoms with Crippen molar-refractivity contribution in [2.45, 2.75) is 0 Å². The highest BCUT2D eigenvalue weighted by atomic mass is 35.5. The number of carbonyl (C=O) groups is 1. The number of anilines is 1. The zero-order valence-corrected chi connectivity index (χ0v) is 17.8. The van der Waals surface area contributed by atoms with Gasteiger partial charge >= 0.3 is 0 Å². The molecule has 10 heteroatoms. The Morgan fingerprint density at radius 3 is 2.34 bits per heavy atom. The summed E-state index contributed by atoms with van der Waals surface area (Å²) < 4.78 is 1.65. The van der Waals surface area contributed by atoms with Crippen LogP contribution in [0.25, 0.3) is 16.9 Å². The van der Waals surface area contributed by atoms with E-state index >= 15 is 0 Å². The van der Waals surface area contributed by atoms with Gasteiger partial charge in [-0.25, -0.2) is 14.6 Å². The molecule has 0 aliphatic carbocycles. The van der Waals surface area contributed by atoms with E-state index < -0.39 is 0 Å². The summed E-state index contributed by atoms with van der Waals surface area (Å²) in [7, 11) is 0. The van der Waals surface area contributed by atoms with Gasteiger partial charge in [-0.15, -0.1) is 5.10 Å². The van der Waals surface area contributed by atoms with Gasteiger partial charge in [0.05, 0.1) is 5.69 Å². The van der Waals surface area contributed by atoms with Crippen LogP contribution in [0.1, 0.15) is 10.5 Å². The van der Waals surface area contributed by atoms with E-state index in [9.17, 15) is 4.79 Å². The average molecular weight is 447 g/mol. The molecule has 1 fully saturated rings. The van der Waals surface area contributed by atoms with Crippen LogP contribution in [0.3, 0.4) is 0 Å². The number of benzene rings is 1. The highest BCUT2D eigenvalue weighted by molar-refractivity contribution is 6.30. The van der Waals surface area contributed by atoms with E-state index in [0.29, 0.717) is 42.8 Å². The van der Waals surface area contributed by atoms with Crippen molar-refractivity contribution >= 4 is 23.5 Å². The Labute approximate surface area is 189 Å². The molecule has 160 valence electrons. The average Bonchev–Trinajstić information content (AvgIpc) is 3.30. The number of nitrogens with zero attached hydrogens (tertiary/aromatic N) is 8. The largest absolute Gasteiger partial charge is 0.337 e. The molecule has 4 aromatic rings.